The summed E-state index contributed by atoms with van der Waals surface area (Å²) < 4.78 is 5.27. The fourth-order valence-corrected chi connectivity index (χ4v) is 2.77. The van der Waals surface area contributed by atoms with Crippen LogP contribution in [-0.2, 0) is 9.53 Å². The van der Waals surface area contributed by atoms with Crippen LogP contribution in [0.15, 0.2) is 5.16 Å². The number of amidine groups is 1. The fraction of sp³-hybridized carbons (Fsp3) is 0.833. The first-order valence-electron chi connectivity index (χ1n) is 6.63. The van der Waals surface area contributed by atoms with Gasteiger partial charge < -0.3 is 25.7 Å². The molecular formula is C12H21N3O4. The van der Waals surface area contributed by atoms with Crippen LogP contribution in [0.4, 0.5) is 0 Å². The lowest BCUT2D eigenvalue weighted by atomic mass is 9.77. The standard InChI is InChI=1S/C12H21N3O4/c13-10(14-18)12(3-7-19-8-4-12)11(17)15-5-1-9(16)2-6-15/h9,16,18H,1-8H2,(H2,13,14). The van der Waals surface area contributed by atoms with Crippen molar-refractivity contribution < 1.29 is 19.8 Å². The third kappa shape index (κ3) is 2.66. The number of hydrogen-bond acceptors (Lipinski definition) is 5. The molecule has 2 aliphatic rings. The van der Waals surface area contributed by atoms with E-state index in [4.69, 9.17) is 15.7 Å². The van der Waals surface area contributed by atoms with Crippen molar-refractivity contribution in [2.24, 2.45) is 16.3 Å². The summed E-state index contributed by atoms with van der Waals surface area (Å²) in [7, 11) is 0. The Hall–Kier alpha value is -1.34. The number of rotatable bonds is 2. The average molecular weight is 271 g/mol. The van der Waals surface area contributed by atoms with Gasteiger partial charge >= 0.3 is 0 Å². The smallest absolute Gasteiger partial charge is 0.236 e. The Balaban J connectivity index is 2.16. The second-order valence-electron chi connectivity index (χ2n) is 5.20. The largest absolute Gasteiger partial charge is 0.409 e. The highest BCUT2D eigenvalue weighted by atomic mass is 16.5. The van der Waals surface area contributed by atoms with Gasteiger partial charge in [0.05, 0.1) is 6.10 Å². The van der Waals surface area contributed by atoms with Crippen LogP contribution in [0.2, 0.25) is 0 Å². The van der Waals surface area contributed by atoms with Crippen LogP contribution in [0.3, 0.4) is 0 Å². The number of nitrogens with two attached hydrogens (primary N) is 1. The summed E-state index contributed by atoms with van der Waals surface area (Å²) in [5, 5.41) is 21.5. The highest BCUT2D eigenvalue weighted by Gasteiger charge is 2.47. The summed E-state index contributed by atoms with van der Waals surface area (Å²) in [4.78, 5) is 14.4. The van der Waals surface area contributed by atoms with Crippen molar-refractivity contribution in [2.45, 2.75) is 31.8 Å². The monoisotopic (exact) mass is 271 g/mol. The SMILES string of the molecule is NC(=NO)C1(C(=O)N2CCC(O)CC2)CCOCC1. The highest BCUT2D eigenvalue weighted by Crippen LogP contribution is 2.34. The van der Waals surface area contributed by atoms with E-state index >= 15 is 0 Å². The van der Waals surface area contributed by atoms with Gasteiger partial charge in [-0.2, -0.15) is 0 Å². The Morgan fingerprint density at radius 2 is 1.89 bits per heavy atom. The third-order valence-corrected chi connectivity index (χ3v) is 4.11. The van der Waals surface area contributed by atoms with E-state index in [-0.39, 0.29) is 17.8 Å². The molecule has 0 bridgehead atoms. The van der Waals surface area contributed by atoms with Crippen LogP contribution in [0.1, 0.15) is 25.7 Å². The lowest BCUT2D eigenvalue weighted by Gasteiger charge is -2.40. The predicted octanol–water partition coefficient (Wildman–Crippen LogP) is -0.487. The number of amides is 1. The summed E-state index contributed by atoms with van der Waals surface area (Å²) in [6, 6.07) is 0. The molecule has 0 aliphatic carbocycles. The van der Waals surface area contributed by atoms with Crippen molar-refractivity contribution >= 4 is 11.7 Å². The van der Waals surface area contributed by atoms with Crippen molar-refractivity contribution in [3.05, 3.63) is 0 Å². The van der Waals surface area contributed by atoms with E-state index in [0.29, 0.717) is 52.0 Å². The molecule has 7 heteroatoms. The molecule has 0 aromatic heterocycles. The van der Waals surface area contributed by atoms with Gasteiger partial charge in [0.15, 0.2) is 5.84 Å². The first kappa shape index (κ1) is 14.1. The molecule has 1 amide bonds. The molecule has 2 fully saturated rings. The molecule has 0 unspecified atom stereocenters. The molecule has 19 heavy (non-hydrogen) atoms. The van der Waals surface area contributed by atoms with Gasteiger partial charge in [0.2, 0.25) is 5.91 Å². The molecule has 0 aromatic rings. The van der Waals surface area contributed by atoms with E-state index in [1.54, 1.807) is 4.90 Å². The number of aliphatic hydroxyl groups excluding tert-OH is 1. The molecule has 108 valence electrons. The van der Waals surface area contributed by atoms with Gasteiger partial charge in [-0.3, -0.25) is 4.79 Å². The molecule has 0 saturated carbocycles. The molecule has 0 radical (unpaired) electrons. The topological polar surface area (TPSA) is 108 Å². The van der Waals surface area contributed by atoms with Crippen molar-refractivity contribution in [1.29, 1.82) is 0 Å². The van der Waals surface area contributed by atoms with Crippen LogP contribution < -0.4 is 5.73 Å². The minimum atomic E-state index is -0.949. The zero-order chi connectivity index (χ0) is 13.9. The number of carbonyl (C=O) groups is 1. The maximum atomic E-state index is 12.7. The number of aliphatic hydroxyl groups is 1. The van der Waals surface area contributed by atoms with E-state index in [9.17, 15) is 9.90 Å². The summed E-state index contributed by atoms with van der Waals surface area (Å²) in [6.45, 7) is 1.89. The van der Waals surface area contributed by atoms with E-state index < -0.39 is 5.41 Å². The second-order valence-corrected chi connectivity index (χ2v) is 5.20. The maximum absolute atomic E-state index is 12.7. The van der Waals surface area contributed by atoms with Crippen molar-refractivity contribution in [3.8, 4) is 0 Å². The van der Waals surface area contributed by atoms with Gasteiger partial charge in [-0.15, -0.1) is 0 Å². The number of hydrogen-bond donors (Lipinski definition) is 3. The Morgan fingerprint density at radius 1 is 1.32 bits per heavy atom. The van der Waals surface area contributed by atoms with Crippen LogP contribution in [0.5, 0.6) is 0 Å². The molecule has 2 aliphatic heterocycles. The summed E-state index contributed by atoms with van der Waals surface area (Å²) in [6.07, 6.45) is 1.68. The predicted molar refractivity (Wildman–Crippen MR) is 67.7 cm³/mol. The van der Waals surface area contributed by atoms with Gasteiger partial charge in [0.25, 0.3) is 0 Å². The molecule has 4 N–H and O–H groups in total. The van der Waals surface area contributed by atoms with Gasteiger partial charge in [-0.1, -0.05) is 5.16 Å². The van der Waals surface area contributed by atoms with Crippen molar-refractivity contribution in [3.63, 3.8) is 0 Å². The molecule has 2 saturated heterocycles. The van der Waals surface area contributed by atoms with Crippen molar-refractivity contribution in [1.82, 2.24) is 4.90 Å². The normalized spacial score (nSPS) is 25.3. The number of nitrogens with zero attached hydrogens (tertiary/aromatic N) is 2. The minimum Gasteiger partial charge on any atom is -0.409 e. The Morgan fingerprint density at radius 3 is 2.42 bits per heavy atom. The number of oxime groups is 1. The Bertz CT molecular complexity index is 358. The summed E-state index contributed by atoms with van der Waals surface area (Å²) in [5.41, 5.74) is 4.82. The lowest BCUT2D eigenvalue weighted by molar-refractivity contribution is -0.144. The second kappa shape index (κ2) is 5.75. The Labute approximate surface area is 112 Å². The first-order valence-corrected chi connectivity index (χ1v) is 6.63. The van der Waals surface area contributed by atoms with Crippen LogP contribution in [-0.4, -0.2) is 59.4 Å². The fourth-order valence-electron chi connectivity index (χ4n) is 2.77. The molecule has 0 aromatic carbocycles. The van der Waals surface area contributed by atoms with Crippen LogP contribution in [0, 0.1) is 5.41 Å². The van der Waals surface area contributed by atoms with Crippen molar-refractivity contribution in [2.75, 3.05) is 26.3 Å². The molecule has 2 rings (SSSR count). The van der Waals surface area contributed by atoms with Crippen LogP contribution >= 0.6 is 0 Å². The van der Waals surface area contributed by atoms with Gasteiger partial charge in [0, 0.05) is 26.3 Å². The van der Waals surface area contributed by atoms with Gasteiger partial charge in [0.1, 0.15) is 5.41 Å². The summed E-state index contributed by atoms with van der Waals surface area (Å²) in [5.74, 6) is -0.148. The van der Waals surface area contributed by atoms with Crippen LogP contribution in [0.25, 0.3) is 0 Å². The molecular weight excluding hydrogens is 250 g/mol. The van der Waals surface area contributed by atoms with Gasteiger partial charge in [-0.25, -0.2) is 0 Å². The van der Waals surface area contributed by atoms with Gasteiger partial charge in [-0.05, 0) is 25.7 Å². The van der Waals surface area contributed by atoms with E-state index in [1.165, 1.54) is 0 Å². The maximum Gasteiger partial charge on any atom is 0.236 e. The molecule has 7 nitrogen and oxygen atoms in total. The molecule has 0 atom stereocenters. The average Bonchev–Trinajstić information content (AvgIpc) is 2.47. The number of carbonyl (C=O) groups excluding carboxylic acids is 1. The zero-order valence-corrected chi connectivity index (χ0v) is 10.9. The van der Waals surface area contributed by atoms with E-state index in [0.717, 1.165) is 0 Å². The highest BCUT2D eigenvalue weighted by molar-refractivity contribution is 6.06. The Kier molecular flexibility index (Phi) is 4.26. The lowest BCUT2D eigenvalue weighted by Crippen LogP contribution is -2.55. The zero-order valence-electron chi connectivity index (χ0n) is 10.9. The molecule has 0 spiro atoms. The number of ether oxygens (including phenoxy) is 1. The third-order valence-electron chi connectivity index (χ3n) is 4.11. The minimum absolute atomic E-state index is 0.0353. The van der Waals surface area contributed by atoms with E-state index in [2.05, 4.69) is 5.16 Å². The first-order chi connectivity index (χ1) is 9.10. The quantitative estimate of drug-likeness (QED) is 0.272. The summed E-state index contributed by atoms with van der Waals surface area (Å²) >= 11 is 0. The van der Waals surface area contributed by atoms with E-state index in [1.807, 2.05) is 0 Å². The molecule has 2 heterocycles. The number of piperidine rings is 1. The number of likely N-dealkylation sites (tertiary alicyclic amines) is 1.